The Morgan fingerprint density at radius 1 is 1.24 bits per heavy atom. The minimum atomic E-state index is -1.04. The summed E-state index contributed by atoms with van der Waals surface area (Å²) in [7, 11) is 3.25. The Morgan fingerprint density at radius 2 is 1.96 bits per heavy atom. The number of aromatic carboxylic acids is 1. The number of aryl methyl sites for hydroxylation is 2. The number of nitrogens with one attached hydrogen (secondary N) is 2. The number of carbonyl (C=O) groups excluding carboxylic acids is 2. The number of nitrogens with two attached hydrogens (primary N) is 1. The maximum atomic E-state index is 12.2. The highest BCUT2D eigenvalue weighted by Crippen LogP contribution is 2.10. The van der Waals surface area contributed by atoms with Crippen LogP contribution in [0.5, 0.6) is 0 Å². The summed E-state index contributed by atoms with van der Waals surface area (Å²) in [6.45, 7) is 0.378. The van der Waals surface area contributed by atoms with Gasteiger partial charge in [0.2, 0.25) is 11.7 Å². The Kier molecular flexibility index (Phi) is 5.55. The molecule has 0 saturated carbocycles. The summed E-state index contributed by atoms with van der Waals surface area (Å²) >= 11 is 0. The van der Waals surface area contributed by atoms with Crippen LogP contribution in [0.4, 0.5) is 5.82 Å². The van der Waals surface area contributed by atoms with Crippen molar-refractivity contribution in [2.75, 3.05) is 11.9 Å². The fourth-order valence-electron chi connectivity index (χ4n) is 2.28. The molecule has 2 heterocycles. The van der Waals surface area contributed by atoms with Gasteiger partial charge in [0.15, 0.2) is 5.82 Å². The highest BCUT2D eigenvalue weighted by Gasteiger charge is 2.16. The zero-order chi connectivity index (χ0) is 18.6. The van der Waals surface area contributed by atoms with Gasteiger partial charge < -0.3 is 30.6 Å². The summed E-state index contributed by atoms with van der Waals surface area (Å²) in [4.78, 5) is 38.8. The summed E-state index contributed by atoms with van der Waals surface area (Å²) in [5.41, 5.74) is 6.09. The number of imidazole rings is 1. The van der Waals surface area contributed by atoms with Crippen molar-refractivity contribution in [2.24, 2.45) is 19.8 Å². The molecule has 0 aliphatic carbocycles. The third-order valence-electron chi connectivity index (χ3n) is 3.45. The van der Waals surface area contributed by atoms with Crippen molar-refractivity contribution < 1.29 is 19.5 Å². The lowest BCUT2D eigenvalue weighted by Gasteiger charge is -2.03. The summed E-state index contributed by atoms with van der Waals surface area (Å²) in [6.07, 6.45) is 3.31. The molecule has 0 saturated heterocycles. The number of aromatic nitrogens is 3. The molecular formula is C15H20N6O4. The second kappa shape index (κ2) is 7.62. The van der Waals surface area contributed by atoms with E-state index in [1.165, 1.54) is 21.4 Å². The van der Waals surface area contributed by atoms with Gasteiger partial charge in [0.1, 0.15) is 5.69 Å². The van der Waals surface area contributed by atoms with Gasteiger partial charge in [-0.05, 0) is 11.6 Å². The molecule has 0 bridgehead atoms. The maximum Gasteiger partial charge on any atom is 0.352 e. The van der Waals surface area contributed by atoms with E-state index in [4.69, 9.17) is 10.8 Å². The van der Waals surface area contributed by atoms with E-state index in [2.05, 4.69) is 15.6 Å². The van der Waals surface area contributed by atoms with Crippen LogP contribution in [0.1, 0.15) is 33.1 Å². The average Bonchev–Trinajstić information content (AvgIpc) is 3.08. The van der Waals surface area contributed by atoms with Gasteiger partial charge in [0.05, 0.1) is 0 Å². The number of carboxylic acids is 1. The Labute approximate surface area is 143 Å². The van der Waals surface area contributed by atoms with E-state index in [-0.39, 0.29) is 42.8 Å². The van der Waals surface area contributed by atoms with E-state index < -0.39 is 11.9 Å². The van der Waals surface area contributed by atoms with Crippen LogP contribution < -0.4 is 16.4 Å². The monoisotopic (exact) mass is 348 g/mol. The van der Waals surface area contributed by atoms with Crippen molar-refractivity contribution in [3.8, 4) is 0 Å². The van der Waals surface area contributed by atoms with E-state index in [1.807, 2.05) is 0 Å². The molecule has 10 nitrogen and oxygen atoms in total. The third-order valence-corrected chi connectivity index (χ3v) is 3.45. The molecule has 0 atom stereocenters. The van der Waals surface area contributed by atoms with Crippen molar-refractivity contribution >= 4 is 23.6 Å². The summed E-state index contributed by atoms with van der Waals surface area (Å²) in [6, 6.07) is 1.49. The number of carbonyl (C=O) groups is 3. The molecule has 134 valence electrons. The molecule has 0 fully saturated rings. The standard InChI is InChI=1S/C15H20N6O4/c1-20-7-9(5-10(20)15(24)25)6-17-14(23)13-19-11(8-21(13)2)18-12(22)3-4-16/h5,7-8H,3-4,6,16H2,1-2H3,(H,17,23)(H,18,22)(H,24,25). The Morgan fingerprint density at radius 3 is 2.56 bits per heavy atom. The van der Waals surface area contributed by atoms with Crippen LogP contribution >= 0.6 is 0 Å². The zero-order valence-electron chi connectivity index (χ0n) is 13.9. The first-order chi connectivity index (χ1) is 11.8. The Hall–Kier alpha value is -3.14. The molecule has 2 aromatic heterocycles. The van der Waals surface area contributed by atoms with Crippen LogP contribution in [-0.4, -0.2) is 43.6 Å². The van der Waals surface area contributed by atoms with Crippen molar-refractivity contribution in [3.05, 3.63) is 35.5 Å². The second-order valence-electron chi connectivity index (χ2n) is 5.48. The van der Waals surface area contributed by atoms with Crippen molar-refractivity contribution in [1.29, 1.82) is 0 Å². The topological polar surface area (TPSA) is 144 Å². The normalized spacial score (nSPS) is 10.5. The van der Waals surface area contributed by atoms with Crippen molar-refractivity contribution in [3.63, 3.8) is 0 Å². The molecule has 25 heavy (non-hydrogen) atoms. The smallest absolute Gasteiger partial charge is 0.352 e. The van der Waals surface area contributed by atoms with Gasteiger partial charge in [-0.15, -0.1) is 0 Å². The van der Waals surface area contributed by atoms with E-state index in [1.54, 1.807) is 20.3 Å². The van der Waals surface area contributed by atoms with E-state index in [0.717, 1.165) is 0 Å². The number of anilines is 1. The molecule has 5 N–H and O–H groups in total. The SMILES string of the molecule is Cn1cc(CNC(=O)c2nc(NC(=O)CCN)cn2C)cc1C(=O)O. The Balaban J connectivity index is 2.01. The molecular weight excluding hydrogens is 328 g/mol. The highest BCUT2D eigenvalue weighted by atomic mass is 16.4. The molecule has 2 amide bonds. The fourth-order valence-corrected chi connectivity index (χ4v) is 2.28. The Bertz CT molecular complexity index is 807. The van der Waals surface area contributed by atoms with Crippen LogP contribution in [0.25, 0.3) is 0 Å². The molecule has 0 spiro atoms. The number of amides is 2. The second-order valence-corrected chi connectivity index (χ2v) is 5.48. The molecule has 0 aromatic carbocycles. The number of carboxylic acid groups (broad SMARTS) is 1. The van der Waals surface area contributed by atoms with Gasteiger partial charge in [-0.2, -0.15) is 0 Å². The number of nitrogens with zero attached hydrogens (tertiary/aromatic N) is 3. The average molecular weight is 348 g/mol. The molecule has 0 aliphatic rings. The lowest BCUT2D eigenvalue weighted by molar-refractivity contribution is -0.116. The van der Waals surface area contributed by atoms with Crippen LogP contribution in [0.2, 0.25) is 0 Å². The van der Waals surface area contributed by atoms with Crippen LogP contribution in [0.3, 0.4) is 0 Å². The van der Waals surface area contributed by atoms with Gasteiger partial charge in [0, 0.05) is 46.0 Å². The minimum Gasteiger partial charge on any atom is -0.477 e. The molecule has 2 rings (SSSR count). The zero-order valence-corrected chi connectivity index (χ0v) is 13.9. The molecule has 0 radical (unpaired) electrons. The molecule has 0 aliphatic heterocycles. The highest BCUT2D eigenvalue weighted by molar-refractivity contribution is 5.93. The largest absolute Gasteiger partial charge is 0.477 e. The van der Waals surface area contributed by atoms with Gasteiger partial charge in [0.25, 0.3) is 5.91 Å². The summed E-state index contributed by atoms with van der Waals surface area (Å²) in [5.74, 6) is -1.38. The van der Waals surface area contributed by atoms with Crippen LogP contribution in [0, 0.1) is 0 Å². The molecule has 2 aromatic rings. The first kappa shape index (κ1) is 18.2. The number of hydrogen-bond donors (Lipinski definition) is 4. The number of rotatable bonds is 7. The van der Waals surface area contributed by atoms with E-state index >= 15 is 0 Å². The van der Waals surface area contributed by atoms with Crippen LogP contribution in [-0.2, 0) is 25.4 Å². The van der Waals surface area contributed by atoms with E-state index in [0.29, 0.717) is 5.56 Å². The van der Waals surface area contributed by atoms with Crippen LogP contribution in [0.15, 0.2) is 18.5 Å². The van der Waals surface area contributed by atoms with Gasteiger partial charge >= 0.3 is 5.97 Å². The fraction of sp³-hybridized carbons (Fsp3) is 0.333. The third kappa shape index (κ3) is 4.44. The minimum absolute atomic E-state index is 0.123. The predicted molar refractivity (Wildman–Crippen MR) is 89.1 cm³/mol. The van der Waals surface area contributed by atoms with Gasteiger partial charge in [-0.1, -0.05) is 0 Å². The van der Waals surface area contributed by atoms with Gasteiger partial charge in [-0.3, -0.25) is 9.59 Å². The predicted octanol–water partition coefficient (Wildman–Crippen LogP) is -0.326. The molecule has 0 unspecified atom stereocenters. The molecule has 10 heteroatoms. The maximum absolute atomic E-state index is 12.2. The van der Waals surface area contributed by atoms with E-state index in [9.17, 15) is 14.4 Å². The number of hydrogen-bond acceptors (Lipinski definition) is 5. The summed E-state index contributed by atoms with van der Waals surface area (Å²) in [5, 5.41) is 14.2. The summed E-state index contributed by atoms with van der Waals surface area (Å²) < 4.78 is 2.96. The van der Waals surface area contributed by atoms with Gasteiger partial charge in [-0.25, -0.2) is 9.78 Å². The lowest BCUT2D eigenvalue weighted by atomic mass is 10.3. The van der Waals surface area contributed by atoms with Crippen molar-refractivity contribution in [2.45, 2.75) is 13.0 Å². The first-order valence-corrected chi connectivity index (χ1v) is 7.51. The van der Waals surface area contributed by atoms with Crippen molar-refractivity contribution in [1.82, 2.24) is 19.4 Å². The lowest BCUT2D eigenvalue weighted by Crippen LogP contribution is -2.25. The first-order valence-electron chi connectivity index (χ1n) is 7.51. The quantitative estimate of drug-likeness (QED) is 0.539.